The smallest absolute Gasteiger partial charge is 0.333 e. The van der Waals surface area contributed by atoms with Crippen LogP contribution in [0, 0.1) is 5.92 Å². The Balaban J connectivity index is 0.00000242. The van der Waals surface area contributed by atoms with E-state index >= 15 is 0 Å². The summed E-state index contributed by atoms with van der Waals surface area (Å²) in [6.07, 6.45) is 2.48. The van der Waals surface area contributed by atoms with Crippen molar-refractivity contribution in [1.29, 1.82) is 0 Å². The zero-order chi connectivity index (χ0) is 15.1. The largest absolute Gasteiger partial charge is 0.464 e. The van der Waals surface area contributed by atoms with E-state index in [4.69, 9.17) is 4.74 Å². The predicted octanol–water partition coefficient (Wildman–Crippen LogP) is 1.83. The van der Waals surface area contributed by atoms with Gasteiger partial charge in [-0.2, -0.15) is 0 Å². The second kappa shape index (κ2) is 9.43. The summed E-state index contributed by atoms with van der Waals surface area (Å²) in [5, 5.41) is 5.85. The molecule has 0 saturated heterocycles. The Morgan fingerprint density at radius 1 is 1.27 bits per heavy atom. The Morgan fingerprint density at radius 3 is 2.55 bits per heavy atom. The molecule has 0 aromatic heterocycles. The summed E-state index contributed by atoms with van der Waals surface area (Å²) in [4.78, 5) is 24.0. The normalized spacial score (nSPS) is 14.6. The zero-order valence-electron chi connectivity index (χ0n) is 12.7. The average Bonchev–Trinajstić information content (AvgIpc) is 3.30. The van der Waals surface area contributed by atoms with Crippen molar-refractivity contribution in [3.63, 3.8) is 0 Å². The number of carbonyl (C=O) groups excluding carboxylic acids is 2. The van der Waals surface area contributed by atoms with E-state index in [9.17, 15) is 9.59 Å². The van der Waals surface area contributed by atoms with Gasteiger partial charge < -0.3 is 15.4 Å². The summed E-state index contributed by atoms with van der Waals surface area (Å²) in [5.41, 5.74) is 0.728. The van der Waals surface area contributed by atoms with Crippen molar-refractivity contribution in [2.24, 2.45) is 5.92 Å². The third-order valence-electron chi connectivity index (χ3n) is 3.38. The maximum absolute atomic E-state index is 12.0. The molecule has 2 rings (SSSR count). The van der Waals surface area contributed by atoms with E-state index in [1.807, 2.05) is 18.2 Å². The molecule has 1 aromatic carbocycles. The topological polar surface area (TPSA) is 67.4 Å². The van der Waals surface area contributed by atoms with E-state index in [2.05, 4.69) is 10.6 Å². The first-order valence-corrected chi connectivity index (χ1v) is 7.42. The summed E-state index contributed by atoms with van der Waals surface area (Å²) in [7, 11) is 0. The number of amides is 1. The molecule has 0 aliphatic heterocycles. The van der Waals surface area contributed by atoms with Crippen molar-refractivity contribution in [3.05, 3.63) is 35.9 Å². The minimum absolute atomic E-state index is 0. The molecular weight excluding hydrogens is 304 g/mol. The second-order valence-electron chi connectivity index (χ2n) is 5.24. The lowest BCUT2D eigenvalue weighted by molar-refractivity contribution is -0.147. The lowest BCUT2D eigenvalue weighted by atomic mass is 10.1. The van der Waals surface area contributed by atoms with Gasteiger partial charge >= 0.3 is 5.97 Å². The van der Waals surface area contributed by atoms with Gasteiger partial charge in [0.15, 0.2) is 6.04 Å². The number of halogens is 1. The first-order valence-electron chi connectivity index (χ1n) is 7.42. The van der Waals surface area contributed by atoms with E-state index in [0.717, 1.165) is 12.1 Å². The molecule has 1 amide bonds. The van der Waals surface area contributed by atoms with Crippen molar-refractivity contribution in [1.82, 2.24) is 10.6 Å². The summed E-state index contributed by atoms with van der Waals surface area (Å²) >= 11 is 0. The molecule has 0 heterocycles. The van der Waals surface area contributed by atoms with Crippen molar-refractivity contribution in [2.45, 2.75) is 25.8 Å². The number of esters is 1. The van der Waals surface area contributed by atoms with Crippen LogP contribution >= 0.6 is 12.4 Å². The van der Waals surface area contributed by atoms with Gasteiger partial charge in [0.25, 0.3) is 0 Å². The van der Waals surface area contributed by atoms with Crippen LogP contribution in [0.2, 0.25) is 0 Å². The highest BCUT2D eigenvalue weighted by atomic mass is 35.5. The fourth-order valence-electron chi connectivity index (χ4n) is 2.07. The highest BCUT2D eigenvalue weighted by molar-refractivity contribution is 5.86. The molecule has 1 saturated carbocycles. The van der Waals surface area contributed by atoms with Gasteiger partial charge in [0.2, 0.25) is 5.91 Å². The molecule has 1 aromatic rings. The second-order valence-corrected chi connectivity index (χ2v) is 5.24. The molecule has 5 nitrogen and oxygen atoms in total. The maximum Gasteiger partial charge on any atom is 0.333 e. The van der Waals surface area contributed by atoms with Crippen molar-refractivity contribution >= 4 is 24.3 Å². The molecule has 2 N–H and O–H groups in total. The van der Waals surface area contributed by atoms with E-state index in [1.165, 1.54) is 12.8 Å². The average molecular weight is 327 g/mol. The minimum Gasteiger partial charge on any atom is -0.464 e. The molecular formula is C16H23ClN2O3. The predicted molar refractivity (Wildman–Crippen MR) is 86.8 cm³/mol. The standard InChI is InChI=1S/C16H22N2O3.ClH/c1-2-21-16(20)15(13-6-4-3-5-7-13)18-14(19)11-17-10-12-8-9-12;/h3-7,12,15,17H,2,8-11H2,1H3,(H,18,19);1H/t15-;/m1./s1. The molecule has 6 heteroatoms. The highest BCUT2D eigenvalue weighted by Gasteiger charge is 2.24. The fraction of sp³-hybridized carbons (Fsp3) is 0.500. The zero-order valence-corrected chi connectivity index (χ0v) is 13.5. The molecule has 22 heavy (non-hydrogen) atoms. The maximum atomic E-state index is 12.0. The van der Waals surface area contributed by atoms with E-state index in [-0.39, 0.29) is 31.5 Å². The Hall–Kier alpha value is -1.59. The quantitative estimate of drug-likeness (QED) is 0.715. The molecule has 0 spiro atoms. The van der Waals surface area contributed by atoms with Crippen molar-refractivity contribution in [2.75, 3.05) is 19.7 Å². The van der Waals surface area contributed by atoms with Crippen LogP contribution in [0.4, 0.5) is 0 Å². The number of rotatable bonds is 8. The first kappa shape index (κ1) is 18.5. The van der Waals surface area contributed by atoms with Gasteiger partial charge in [0, 0.05) is 0 Å². The monoisotopic (exact) mass is 326 g/mol. The molecule has 1 aliphatic carbocycles. The molecule has 1 fully saturated rings. The van der Waals surface area contributed by atoms with Gasteiger partial charge in [0.05, 0.1) is 13.2 Å². The summed E-state index contributed by atoms with van der Waals surface area (Å²) in [6.45, 7) is 3.12. The van der Waals surface area contributed by atoms with E-state index in [1.54, 1.807) is 19.1 Å². The van der Waals surface area contributed by atoms with Crippen LogP contribution in [0.25, 0.3) is 0 Å². The molecule has 122 valence electrons. The Morgan fingerprint density at radius 2 is 1.95 bits per heavy atom. The van der Waals surface area contributed by atoms with Crippen LogP contribution in [0.1, 0.15) is 31.4 Å². The molecule has 1 aliphatic rings. The Bertz CT molecular complexity index is 478. The van der Waals surface area contributed by atoms with Gasteiger partial charge in [-0.3, -0.25) is 4.79 Å². The van der Waals surface area contributed by atoms with Gasteiger partial charge in [-0.05, 0) is 37.8 Å². The Kier molecular flexibility index (Phi) is 7.91. The third-order valence-corrected chi connectivity index (χ3v) is 3.38. The van der Waals surface area contributed by atoms with Crippen LogP contribution in [-0.4, -0.2) is 31.6 Å². The molecule has 0 unspecified atom stereocenters. The number of ether oxygens (including phenoxy) is 1. The Labute approximate surface area is 137 Å². The van der Waals surface area contributed by atoms with Crippen molar-refractivity contribution in [3.8, 4) is 0 Å². The van der Waals surface area contributed by atoms with Crippen LogP contribution in [0.3, 0.4) is 0 Å². The molecule has 0 radical (unpaired) electrons. The van der Waals surface area contributed by atoms with Gasteiger partial charge in [0.1, 0.15) is 0 Å². The summed E-state index contributed by atoms with van der Waals surface area (Å²) in [5.74, 6) is 0.0876. The molecule has 1 atom stereocenters. The van der Waals surface area contributed by atoms with Crippen LogP contribution in [-0.2, 0) is 14.3 Å². The summed E-state index contributed by atoms with van der Waals surface area (Å²) in [6, 6.07) is 8.39. The lowest BCUT2D eigenvalue weighted by Gasteiger charge is -2.17. The lowest BCUT2D eigenvalue weighted by Crippen LogP contribution is -2.40. The number of hydrogen-bond donors (Lipinski definition) is 2. The fourth-order valence-corrected chi connectivity index (χ4v) is 2.07. The highest BCUT2D eigenvalue weighted by Crippen LogP contribution is 2.27. The van der Waals surface area contributed by atoms with Crippen LogP contribution < -0.4 is 10.6 Å². The van der Waals surface area contributed by atoms with Gasteiger partial charge in [-0.1, -0.05) is 30.3 Å². The molecule has 0 bridgehead atoms. The SMILES string of the molecule is CCOC(=O)[C@H](NC(=O)CNCC1CC1)c1ccccc1.Cl. The van der Waals surface area contributed by atoms with Crippen LogP contribution in [0.15, 0.2) is 30.3 Å². The van der Waals surface area contributed by atoms with Crippen molar-refractivity contribution < 1.29 is 14.3 Å². The number of benzene rings is 1. The van der Waals surface area contributed by atoms with Crippen LogP contribution in [0.5, 0.6) is 0 Å². The van der Waals surface area contributed by atoms with Gasteiger partial charge in [-0.15, -0.1) is 12.4 Å². The minimum atomic E-state index is -0.749. The third kappa shape index (κ3) is 6.03. The van der Waals surface area contributed by atoms with E-state index in [0.29, 0.717) is 5.92 Å². The summed E-state index contributed by atoms with van der Waals surface area (Å²) < 4.78 is 5.04. The number of hydrogen-bond acceptors (Lipinski definition) is 4. The first-order chi connectivity index (χ1) is 10.2. The number of nitrogens with one attached hydrogen (secondary N) is 2. The van der Waals surface area contributed by atoms with Gasteiger partial charge in [-0.25, -0.2) is 4.79 Å². The van der Waals surface area contributed by atoms with E-state index < -0.39 is 12.0 Å². The number of carbonyl (C=O) groups is 2.